The normalized spacial score (nSPS) is 25.8. The maximum absolute atomic E-state index is 11.3. The van der Waals surface area contributed by atoms with Crippen molar-refractivity contribution < 1.29 is 9.90 Å². The second-order valence-electron chi connectivity index (χ2n) is 3.69. The zero-order valence-electron chi connectivity index (χ0n) is 8.07. The number of aliphatic hydroxyl groups excluding tert-OH is 1. The molecule has 1 fully saturated rings. The Bertz CT molecular complexity index is 182. The first-order chi connectivity index (χ1) is 6.15. The van der Waals surface area contributed by atoms with Crippen LogP contribution in [0, 0.1) is 5.92 Å². The van der Waals surface area contributed by atoms with Gasteiger partial charge in [-0.1, -0.05) is 0 Å². The van der Waals surface area contributed by atoms with Crippen molar-refractivity contribution in [3.63, 3.8) is 0 Å². The Balaban J connectivity index is 2.46. The maximum atomic E-state index is 11.3. The lowest BCUT2D eigenvalue weighted by molar-refractivity contribution is -0.132. The van der Waals surface area contributed by atoms with Crippen LogP contribution < -0.4 is 5.73 Å². The molecule has 4 heteroatoms. The molecule has 1 aliphatic rings. The minimum absolute atomic E-state index is 0.00894. The van der Waals surface area contributed by atoms with E-state index >= 15 is 0 Å². The van der Waals surface area contributed by atoms with Gasteiger partial charge < -0.3 is 15.7 Å². The van der Waals surface area contributed by atoms with E-state index in [-0.39, 0.29) is 24.5 Å². The van der Waals surface area contributed by atoms with Crippen LogP contribution in [-0.4, -0.2) is 41.7 Å². The molecule has 1 saturated heterocycles. The standard InChI is InChI=1S/C9H18N2O2/c1-7(12)8-3-2-4-11(6-8)9(13)5-10/h7-8,12H,2-6,10H2,1H3/t7-,8-/m1/s1. The molecule has 0 aromatic heterocycles. The van der Waals surface area contributed by atoms with E-state index in [4.69, 9.17) is 5.73 Å². The van der Waals surface area contributed by atoms with E-state index in [1.54, 1.807) is 11.8 Å². The molecule has 0 spiro atoms. The molecule has 2 atom stereocenters. The molecule has 76 valence electrons. The SMILES string of the molecule is C[C@@H](O)[C@@H]1CCCN(C(=O)CN)C1. The van der Waals surface area contributed by atoms with Crippen molar-refractivity contribution in [3.8, 4) is 0 Å². The van der Waals surface area contributed by atoms with Gasteiger partial charge in [-0.25, -0.2) is 0 Å². The van der Waals surface area contributed by atoms with Crippen LogP contribution in [0.1, 0.15) is 19.8 Å². The average molecular weight is 186 g/mol. The van der Waals surface area contributed by atoms with E-state index in [2.05, 4.69) is 0 Å². The average Bonchev–Trinajstić information content (AvgIpc) is 2.17. The van der Waals surface area contributed by atoms with Crippen LogP contribution in [0.25, 0.3) is 0 Å². The Morgan fingerprint density at radius 3 is 3.00 bits per heavy atom. The molecule has 13 heavy (non-hydrogen) atoms. The molecule has 1 heterocycles. The van der Waals surface area contributed by atoms with Crippen molar-refractivity contribution in [1.82, 2.24) is 4.90 Å². The van der Waals surface area contributed by atoms with Crippen LogP contribution >= 0.6 is 0 Å². The summed E-state index contributed by atoms with van der Waals surface area (Å²) in [4.78, 5) is 13.0. The van der Waals surface area contributed by atoms with Crippen LogP contribution in [0.2, 0.25) is 0 Å². The van der Waals surface area contributed by atoms with E-state index in [1.807, 2.05) is 0 Å². The monoisotopic (exact) mass is 186 g/mol. The van der Waals surface area contributed by atoms with Gasteiger partial charge in [-0.3, -0.25) is 4.79 Å². The fourth-order valence-electron chi connectivity index (χ4n) is 1.76. The molecule has 0 aromatic carbocycles. The number of nitrogens with two attached hydrogens (primary N) is 1. The van der Waals surface area contributed by atoms with Crippen LogP contribution in [0.5, 0.6) is 0 Å². The molecular weight excluding hydrogens is 168 g/mol. The lowest BCUT2D eigenvalue weighted by Crippen LogP contribution is -2.45. The summed E-state index contributed by atoms with van der Waals surface area (Å²) in [5.41, 5.74) is 5.27. The second kappa shape index (κ2) is 4.58. The molecule has 0 saturated carbocycles. The number of rotatable bonds is 2. The second-order valence-corrected chi connectivity index (χ2v) is 3.69. The smallest absolute Gasteiger partial charge is 0.236 e. The van der Waals surface area contributed by atoms with Gasteiger partial charge in [0.15, 0.2) is 0 Å². The van der Waals surface area contributed by atoms with Crippen molar-refractivity contribution in [1.29, 1.82) is 0 Å². The molecule has 3 N–H and O–H groups in total. The zero-order valence-corrected chi connectivity index (χ0v) is 8.07. The van der Waals surface area contributed by atoms with Crippen molar-refractivity contribution in [3.05, 3.63) is 0 Å². The fraction of sp³-hybridized carbons (Fsp3) is 0.889. The molecule has 0 unspecified atom stereocenters. The Hall–Kier alpha value is -0.610. The summed E-state index contributed by atoms with van der Waals surface area (Å²) in [7, 11) is 0. The number of amides is 1. The fourth-order valence-corrected chi connectivity index (χ4v) is 1.76. The van der Waals surface area contributed by atoms with Gasteiger partial charge in [0.1, 0.15) is 0 Å². The summed E-state index contributed by atoms with van der Waals surface area (Å²) < 4.78 is 0. The number of aliphatic hydroxyl groups is 1. The Morgan fingerprint density at radius 2 is 2.46 bits per heavy atom. The highest BCUT2D eigenvalue weighted by atomic mass is 16.3. The topological polar surface area (TPSA) is 66.6 Å². The van der Waals surface area contributed by atoms with Gasteiger partial charge in [0, 0.05) is 19.0 Å². The number of hydrogen-bond donors (Lipinski definition) is 2. The lowest BCUT2D eigenvalue weighted by atomic mass is 9.93. The molecule has 1 aliphatic heterocycles. The molecule has 4 nitrogen and oxygen atoms in total. The van der Waals surface area contributed by atoms with Crippen molar-refractivity contribution in [2.45, 2.75) is 25.9 Å². The van der Waals surface area contributed by atoms with E-state index in [0.717, 1.165) is 19.4 Å². The largest absolute Gasteiger partial charge is 0.393 e. The number of likely N-dealkylation sites (tertiary alicyclic amines) is 1. The third-order valence-corrected chi connectivity index (χ3v) is 2.67. The van der Waals surface area contributed by atoms with Crippen molar-refractivity contribution in [2.75, 3.05) is 19.6 Å². The number of nitrogens with zero attached hydrogens (tertiary/aromatic N) is 1. The van der Waals surface area contributed by atoms with E-state index in [0.29, 0.717) is 6.54 Å². The summed E-state index contributed by atoms with van der Waals surface area (Å²) in [6.45, 7) is 3.31. The number of hydrogen-bond acceptors (Lipinski definition) is 3. The van der Waals surface area contributed by atoms with E-state index in [9.17, 15) is 9.90 Å². The van der Waals surface area contributed by atoms with Gasteiger partial charge in [0.05, 0.1) is 12.6 Å². The third-order valence-electron chi connectivity index (χ3n) is 2.67. The third kappa shape index (κ3) is 2.67. The van der Waals surface area contributed by atoms with Crippen LogP contribution in [0.3, 0.4) is 0 Å². The Morgan fingerprint density at radius 1 is 1.77 bits per heavy atom. The maximum Gasteiger partial charge on any atom is 0.236 e. The van der Waals surface area contributed by atoms with Gasteiger partial charge in [0.25, 0.3) is 0 Å². The van der Waals surface area contributed by atoms with E-state index in [1.165, 1.54) is 0 Å². The summed E-state index contributed by atoms with van der Waals surface area (Å²) >= 11 is 0. The molecule has 0 radical (unpaired) electrons. The first-order valence-electron chi connectivity index (χ1n) is 4.81. The molecular formula is C9H18N2O2. The molecule has 0 aliphatic carbocycles. The summed E-state index contributed by atoms with van der Waals surface area (Å²) in [5, 5.41) is 9.38. The highest BCUT2D eigenvalue weighted by Gasteiger charge is 2.25. The molecule has 1 rings (SSSR count). The summed E-state index contributed by atoms with van der Waals surface area (Å²) in [5.74, 6) is 0.217. The van der Waals surface area contributed by atoms with Crippen LogP contribution in [0.4, 0.5) is 0 Å². The van der Waals surface area contributed by atoms with Gasteiger partial charge in [-0.15, -0.1) is 0 Å². The molecule has 1 amide bonds. The zero-order chi connectivity index (χ0) is 9.84. The first-order valence-corrected chi connectivity index (χ1v) is 4.81. The Labute approximate surface area is 78.7 Å². The predicted octanol–water partition coefficient (Wildman–Crippen LogP) is -0.435. The van der Waals surface area contributed by atoms with Crippen molar-refractivity contribution in [2.24, 2.45) is 11.7 Å². The highest BCUT2D eigenvalue weighted by Crippen LogP contribution is 2.19. The minimum atomic E-state index is -0.326. The number of carbonyl (C=O) groups excluding carboxylic acids is 1. The molecule has 0 bridgehead atoms. The van der Waals surface area contributed by atoms with Gasteiger partial charge >= 0.3 is 0 Å². The van der Waals surface area contributed by atoms with E-state index < -0.39 is 0 Å². The van der Waals surface area contributed by atoms with Gasteiger partial charge in [-0.2, -0.15) is 0 Å². The lowest BCUT2D eigenvalue weighted by Gasteiger charge is -2.33. The highest BCUT2D eigenvalue weighted by molar-refractivity contribution is 5.78. The predicted molar refractivity (Wildman–Crippen MR) is 50.0 cm³/mol. The van der Waals surface area contributed by atoms with Gasteiger partial charge in [0.2, 0.25) is 5.91 Å². The van der Waals surface area contributed by atoms with Crippen LogP contribution in [0.15, 0.2) is 0 Å². The summed E-state index contributed by atoms with van der Waals surface area (Å²) in [6, 6.07) is 0. The van der Waals surface area contributed by atoms with Gasteiger partial charge in [-0.05, 0) is 19.8 Å². The first kappa shape index (κ1) is 10.5. The quantitative estimate of drug-likeness (QED) is 0.614. The number of carbonyl (C=O) groups is 1. The molecule has 0 aromatic rings. The summed E-state index contributed by atoms with van der Waals surface area (Å²) in [6.07, 6.45) is 1.65. The van der Waals surface area contributed by atoms with Crippen LogP contribution in [-0.2, 0) is 4.79 Å². The number of piperidine rings is 1. The Kier molecular flexibility index (Phi) is 3.69. The van der Waals surface area contributed by atoms with Crippen molar-refractivity contribution >= 4 is 5.91 Å². The minimum Gasteiger partial charge on any atom is -0.393 e.